The lowest BCUT2D eigenvalue weighted by Gasteiger charge is -2.18. The Balaban J connectivity index is 2.07. The molecule has 2 rings (SSSR count). The molecule has 0 aliphatic carbocycles. The fourth-order valence-corrected chi connectivity index (χ4v) is 2.18. The normalized spacial score (nSPS) is 12.0. The molecule has 1 unspecified atom stereocenters. The van der Waals surface area contributed by atoms with E-state index in [1.807, 2.05) is 0 Å². The van der Waals surface area contributed by atoms with Crippen molar-refractivity contribution in [2.24, 2.45) is 0 Å². The van der Waals surface area contributed by atoms with Crippen molar-refractivity contribution >= 4 is 11.4 Å². The molecule has 0 radical (unpaired) electrons. The van der Waals surface area contributed by atoms with Gasteiger partial charge in [-0.2, -0.15) is 0 Å². The van der Waals surface area contributed by atoms with Crippen LogP contribution in [0, 0.1) is 22.9 Å². The van der Waals surface area contributed by atoms with E-state index >= 15 is 0 Å². The van der Waals surface area contributed by atoms with Crippen LogP contribution in [0.2, 0.25) is 0 Å². The molecule has 116 valence electrons. The molecule has 0 heterocycles. The maximum absolute atomic E-state index is 12.9. The minimum Gasteiger partial charge on any atom is -0.382 e. The van der Waals surface area contributed by atoms with Gasteiger partial charge in [0.25, 0.3) is 5.69 Å². The van der Waals surface area contributed by atoms with Gasteiger partial charge in [0.1, 0.15) is 5.82 Å². The minimum atomic E-state index is -0.423. The highest BCUT2D eigenvalue weighted by molar-refractivity contribution is 5.55. The number of halogens is 1. The highest BCUT2D eigenvalue weighted by Gasteiger charge is 2.12. The van der Waals surface area contributed by atoms with Crippen molar-refractivity contribution in [2.45, 2.75) is 13.0 Å². The van der Waals surface area contributed by atoms with E-state index < -0.39 is 4.92 Å². The summed E-state index contributed by atoms with van der Waals surface area (Å²) in [6.07, 6.45) is -0.241. The number of nitrogens with zero attached hydrogens (tertiary/aromatic N) is 1. The number of benzene rings is 2. The molecule has 0 saturated heterocycles. The van der Waals surface area contributed by atoms with Gasteiger partial charge in [0, 0.05) is 31.5 Å². The predicted molar refractivity (Wildman–Crippen MR) is 82.5 cm³/mol. The fraction of sp³-hybridized carbons (Fsp3) is 0.250. The average molecular weight is 304 g/mol. The van der Waals surface area contributed by atoms with E-state index in [-0.39, 0.29) is 17.6 Å². The van der Waals surface area contributed by atoms with E-state index in [9.17, 15) is 14.5 Å². The lowest BCUT2D eigenvalue weighted by molar-refractivity contribution is -0.384. The molecule has 1 N–H and O–H groups in total. The van der Waals surface area contributed by atoms with Gasteiger partial charge in [-0.25, -0.2) is 4.39 Å². The largest absolute Gasteiger partial charge is 0.382 e. The van der Waals surface area contributed by atoms with Crippen molar-refractivity contribution in [2.75, 3.05) is 19.0 Å². The van der Waals surface area contributed by atoms with E-state index in [0.717, 1.165) is 16.8 Å². The zero-order chi connectivity index (χ0) is 16.1. The second kappa shape index (κ2) is 7.00. The van der Waals surface area contributed by atoms with Gasteiger partial charge in [0.05, 0.1) is 11.0 Å². The first-order chi connectivity index (χ1) is 10.5. The monoisotopic (exact) mass is 304 g/mol. The minimum absolute atomic E-state index is 0.0601. The number of nitrogens with one attached hydrogen (secondary N) is 1. The van der Waals surface area contributed by atoms with Crippen LogP contribution in [0.3, 0.4) is 0 Å². The molecule has 0 aliphatic heterocycles. The van der Waals surface area contributed by atoms with Crippen LogP contribution in [0.4, 0.5) is 15.8 Å². The van der Waals surface area contributed by atoms with Crippen LogP contribution in [-0.2, 0) is 4.74 Å². The summed E-state index contributed by atoms with van der Waals surface area (Å²) in [5, 5.41) is 13.9. The molecule has 2 aromatic carbocycles. The molecule has 0 saturated carbocycles. The first-order valence-electron chi connectivity index (χ1n) is 6.78. The Bertz CT molecular complexity index is 659. The Morgan fingerprint density at radius 3 is 2.50 bits per heavy atom. The van der Waals surface area contributed by atoms with Crippen LogP contribution < -0.4 is 5.32 Å². The number of methoxy groups -OCH3 is 1. The zero-order valence-electron chi connectivity index (χ0n) is 12.4. The van der Waals surface area contributed by atoms with E-state index in [0.29, 0.717) is 6.54 Å². The third-order valence-corrected chi connectivity index (χ3v) is 3.43. The second-order valence-electron chi connectivity index (χ2n) is 4.91. The maximum Gasteiger partial charge on any atom is 0.269 e. The van der Waals surface area contributed by atoms with Gasteiger partial charge in [-0.1, -0.05) is 12.1 Å². The molecule has 22 heavy (non-hydrogen) atoms. The lowest BCUT2D eigenvalue weighted by atomic mass is 10.1. The van der Waals surface area contributed by atoms with Crippen molar-refractivity contribution in [1.82, 2.24) is 0 Å². The van der Waals surface area contributed by atoms with Gasteiger partial charge in [0.15, 0.2) is 0 Å². The maximum atomic E-state index is 12.9. The molecular formula is C16H17FN2O3. The van der Waals surface area contributed by atoms with Gasteiger partial charge in [0.2, 0.25) is 0 Å². The summed E-state index contributed by atoms with van der Waals surface area (Å²) >= 11 is 0. The van der Waals surface area contributed by atoms with Gasteiger partial charge in [-0.15, -0.1) is 0 Å². The summed E-state index contributed by atoms with van der Waals surface area (Å²) in [6.45, 7) is 2.27. The number of nitro benzene ring substituents is 1. The van der Waals surface area contributed by atoms with Crippen molar-refractivity contribution in [3.8, 4) is 0 Å². The molecule has 0 aliphatic rings. The lowest BCUT2D eigenvalue weighted by Crippen LogP contribution is -2.15. The number of anilines is 1. The third kappa shape index (κ3) is 3.79. The molecule has 2 aromatic rings. The van der Waals surface area contributed by atoms with Crippen LogP contribution in [-0.4, -0.2) is 18.6 Å². The fourth-order valence-electron chi connectivity index (χ4n) is 2.18. The van der Waals surface area contributed by atoms with E-state index in [4.69, 9.17) is 4.74 Å². The van der Waals surface area contributed by atoms with E-state index in [2.05, 4.69) is 5.32 Å². The zero-order valence-corrected chi connectivity index (χ0v) is 12.4. The van der Waals surface area contributed by atoms with Crippen molar-refractivity contribution < 1.29 is 14.1 Å². The Morgan fingerprint density at radius 2 is 1.95 bits per heavy atom. The molecule has 6 heteroatoms. The highest BCUT2D eigenvalue weighted by Crippen LogP contribution is 2.23. The molecule has 0 amide bonds. The molecule has 0 aromatic heterocycles. The molecule has 5 nitrogen and oxygen atoms in total. The van der Waals surface area contributed by atoms with Crippen LogP contribution >= 0.6 is 0 Å². The summed E-state index contributed by atoms with van der Waals surface area (Å²) in [7, 11) is 1.58. The highest BCUT2D eigenvalue weighted by atomic mass is 19.1. The molecule has 0 spiro atoms. The van der Waals surface area contributed by atoms with Crippen LogP contribution in [0.5, 0.6) is 0 Å². The predicted octanol–water partition coefficient (Wildman–Crippen LogP) is 3.84. The Kier molecular flexibility index (Phi) is 5.06. The Hall–Kier alpha value is -2.47. The first-order valence-corrected chi connectivity index (χ1v) is 6.78. The van der Waals surface area contributed by atoms with Crippen LogP contribution in [0.25, 0.3) is 0 Å². The van der Waals surface area contributed by atoms with Gasteiger partial charge < -0.3 is 10.1 Å². The number of non-ortho nitro benzene ring substituents is 1. The topological polar surface area (TPSA) is 64.4 Å². The standard InChI is InChI=1S/C16H17FN2O3/c1-11-9-14(19(20)21)7-8-15(11)18-10-16(22-2)12-3-5-13(17)6-4-12/h3-9,16,18H,10H2,1-2H3. The molecule has 1 atom stereocenters. The summed E-state index contributed by atoms with van der Waals surface area (Å²) in [5.41, 5.74) is 2.50. The number of hydrogen-bond acceptors (Lipinski definition) is 4. The first kappa shape index (κ1) is 15.9. The molecule has 0 bridgehead atoms. The van der Waals surface area contributed by atoms with E-state index in [1.165, 1.54) is 24.3 Å². The average Bonchev–Trinajstić information content (AvgIpc) is 2.50. The van der Waals surface area contributed by atoms with E-state index in [1.54, 1.807) is 32.2 Å². The van der Waals surface area contributed by atoms with Gasteiger partial charge in [-0.3, -0.25) is 10.1 Å². The van der Waals surface area contributed by atoms with Crippen LogP contribution in [0.1, 0.15) is 17.2 Å². The van der Waals surface area contributed by atoms with Crippen molar-refractivity contribution in [1.29, 1.82) is 0 Å². The summed E-state index contributed by atoms with van der Waals surface area (Å²) in [5.74, 6) is -0.294. The second-order valence-corrected chi connectivity index (χ2v) is 4.91. The number of ether oxygens (including phenoxy) is 1. The quantitative estimate of drug-likeness (QED) is 0.650. The van der Waals surface area contributed by atoms with Gasteiger partial charge >= 0.3 is 0 Å². The number of hydrogen-bond donors (Lipinski definition) is 1. The van der Waals surface area contributed by atoms with Crippen molar-refractivity contribution in [3.63, 3.8) is 0 Å². The summed E-state index contributed by atoms with van der Waals surface area (Å²) < 4.78 is 18.4. The SMILES string of the molecule is COC(CNc1ccc([N+](=O)[O-])cc1C)c1ccc(F)cc1. The Morgan fingerprint density at radius 1 is 1.27 bits per heavy atom. The third-order valence-electron chi connectivity index (χ3n) is 3.43. The van der Waals surface area contributed by atoms with Crippen LogP contribution in [0.15, 0.2) is 42.5 Å². The number of aryl methyl sites for hydroxylation is 1. The number of rotatable bonds is 6. The summed E-state index contributed by atoms with van der Waals surface area (Å²) in [4.78, 5) is 10.3. The smallest absolute Gasteiger partial charge is 0.269 e. The summed E-state index contributed by atoms with van der Waals surface area (Å²) in [6, 6.07) is 10.8. The Labute approximate surface area is 127 Å². The van der Waals surface area contributed by atoms with Crippen molar-refractivity contribution in [3.05, 3.63) is 69.5 Å². The molecular weight excluding hydrogens is 287 g/mol. The number of nitro groups is 1. The van der Waals surface area contributed by atoms with Gasteiger partial charge in [-0.05, 0) is 36.2 Å². The molecule has 0 fully saturated rings.